The Morgan fingerprint density at radius 2 is 1.68 bits per heavy atom. The zero-order chi connectivity index (χ0) is 44.1. The summed E-state index contributed by atoms with van der Waals surface area (Å²) in [6.45, 7) is 5.23. The van der Waals surface area contributed by atoms with Gasteiger partial charge in [-0.15, -0.1) is 0 Å². The van der Waals surface area contributed by atoms with Crippen molar-refractivity contribution in [2.24, 2.45) is 17.3 Å². The van der Waals surface area contributed by atoms with E-state index in [0.717, 1.165) is 42.4 Å². The van der Waals surface area contributed by atoms with Crippen molar-refractivity contribution in [3.63, 3.8) is 0 Å². The highest BCUT2D eigenvalue weighted by Crippen LogP contribution is 2.63. The number of allylic oxidation sites excluding steroid dienone is 1. The van der Waals surface area contributed by atoms with Crippen LogP contribution in [0.3, 0.4) is 0 Å². The molecule has 6 aliphatic rings. The van der Waals surface area contributed by atoms with Crippen LogP contribution in [-0.4, -0.2) is 93.5 Å². The van der Waals surface area contributed by atoms with Gasteiger partial charge in [-0.05, 0) is 99.7 Å². The lowest BCUT2D eigenvalue weighted by Crippen LogP contribution is -2.69. The van der Waals surface area contributed by atoms with Gasteiger partial charge in [-0.3, -0.25) is 24.0 Å². The van der Waals surface area contributed by atoms with E-state index in [0.29, 0.717) is 17.5 Å². The number of para-hydroxylation sites is 1. The molecule has 0 spiro atoms. The summed E-state index contributed by atoms with van der Waals surface area (Å²) in [5.74, 6) is -1.81. The maximum Gasteiger partial charge on any atom is 0.327 e. The number of fused-ring (bicyclic) bond motifs is 4. The summed E-state index contributed by atoms with van der Waals surface area (Å²) >= 11 is 0. The van der Waals surface area contributed by atoms with Gasteiger partial charge >= 0.3 is 11.9 Å². The van der Waals surface area contributed by atoms with Gasteiger partial charge in [0.15, 0.2) is 11.8 Å². The first-order chi connectivity index (χ1) is 30.3. The van der Waals surface area contributed by atoms with Crippen LogP contribution in [-0.2, 0) is 57.7 Å². The monoisotopic (exact) mass is 863 g/mol. The molecule has 6 fully saturated rings. The van der Waals surface area contributed by atoms with E-state index in [-0.39, 0.29) is 62.5 Å². The number of aliphatic hydroxyl groups is 1. The molecular formula is C49H57N3O11. The number of phenols is 1. The molecule has 0 radical (unpaired) electrons. The highest BCUT2D eigenvalue weighted by Gasteiger charge is 2.78. The standard InChI is InChI=1S/C49H57N3O11/c1-47(2,3)60-39(55)23-22-36(28-53)51-44(56)33-12-7-9-31(24-33)26-50-46(58)48-25-38-40-41(62-49(61-40,34-18-19-34)35-20-21-35)43(48)63-52(42(48)45(57)59-38)27-30-16-14-29(15-17-30)8-6-11-32-10-4-5-13-37(32)54/h4-10,12-17,24,34-36,38,40-43,53-54H,11,18-23,25-28H2,1-3H3,(H,50,58)(H,51,56). The first-order valence-corrected chi connectivity index (χ1v) is 22.3. The fraction of sp³-hybridized carbons (Fsp3) is 0.510. The molecule has 334 valence electrons. The second kappa shape index (κ2) is 17.1. The minimum atomic E-state index is -1.36. The van der Waals surface area contributed by atoms with Crippen molar-refractivity contribution in [2.45, 2.75) is 133 Å². The summed E-state index contributed by atoms with van der Waals surface area (Å²) in [7, 11) is 0. The molecule has 7 unspecified atom stereocenters. The molecule has 3 saturated heterocycles. The molecule has 2 bridgehead atoms. The maximum absolute atomic E-state index is 14.9. The molecule has 3 heterocycles. The van der Waals surface area contributed by atoms with Crippen molar-refractivity contribution < 1.29 is 53.2 Å². The van der Waals surface area contributed by atoms with Crippen molar-refractivity contribution in [1.82, 2.24) is 15.7 Å². The Hall–Kier alpha value is -5.12. The van der Waals surface area contributed by atoms with Gasteiger partial charge in [0.25, 0.3) is 5.91 Å². The number of aliphatic hydroxyl groups excluding tert-OH is 1. The summed E-state index contributed by atoms with van der Waals surface area (Å²) in [6, 6.07) is 20.2. The number of hydrogen-bond acceptors (Lipinski definition) is 12. The average Bonchev–Trinajstić information content (AvgIpc) is 4.21. The van der Waals surface area contributed by atoms with Gasteiger partial charge in [-0.25, -0.2) is 0 Å². The number of carbonyl (C=O) groups is 4. The van der Waals surface area contributed by atoms with Crippen LogP contribution in [0.25, 0.3) is 6.08 Å². The number of amides is 2. The fourth-order valence-corrected chi connectivity index (χ4v) is 9.92. The van der Waals surface area contributed by atoms with Crippen LogP contribution >= 0.6 is 0 Å². The summed E-state index contributed by atoms with van der Waals surface area (Å²) < 4.78 is 25.4. The summed E-state index contributed by atoms with van der Waals surface area (Å²) in [6.07, 6.45) is 6.21. The van der Waals surface area contributed by atoms with Crippen LogP contribution in [0.1, 0.15) is 98.3 Å². The van der Waals surface area contributed by atoms with Crippen molar-refractivity contribution in [3.8, 4) is 5.75 Å². The Kier molecular flexibility index (Phi) is 11.7. The Bertz CT molecular complexity index is 2240. The predicted octanol–water partition coefficient (Wildman–Crippen LogP) is 5.28. The molecule has 3 aliphatic carbocycles. The molecule has 14 heteroatoms. The van der Waals surface area contributed by atoms with Crippen LogP contribution in [0.15, 0.2) is 78.9 Å². The van der Waals surface area contributed by atoms with Gasteiger partial charge in [0, 0.05) is 36.8 Å². The molecule has 2 amide bonds. The van der Waals surface area contributed by atoms with Gasteiger partial charge in [-0.2, -0.15) is 5.06 Å². The van der Waals surface area contributed by atoms with Crippen LogP contribution in [0.2, 0.25) is 0 Å². The fourth-order valence-electron chi connectivity index (χ4n) is 9.92. The van der Waals surface area contributed by atoms with Gasteiger partial charge < -0.3 is 39.8 Å². The third-order valence-electron chi connectivity index (χ3n) is 13.2. The quantitative estimate of drug-likeness (QED) is 0.137. The lowest BCUT2D eigenvalue weighted by molar-refractivity contribution is -0.235. The first-order valence-electron chi connectivity index (χ1n) is 22.3. The SMILES string of the molecule is CC(C)(C)OC(=O)CCC(CO)NC(=O)c1cccc(CNC(=O)C23CC4OC(=O)C2N(Cc2ccc(C=CCc5ccccc5O)cc2)OC3C2OC(C3CC3)(C3CC3)OC42)c1. The smallest absolute Gasteiger partial charge is 0.327 e. The highest BCUT2D eigenvalue weighted by molar-refractivity contribution is 5.95. The molecule has 63 heavy (non-hydrogen) atoms. The number of esters is 2. The average molecular weight is 864 g/mol. The molecule has 3 aliphatic heterocycles. The van der Waals surface area contributed by atoms with Gasteiger partial charge in [-0.1, -0.05) is 66.7 Å². The topological polar surface area (TPSA) is 182 Å². The summed E-state index contributed by atoms with van der Waals surface area (Å²) in [4.78, 5) is 61.6. The van der Waals surface area contributed by atoms with Crippen molar-refractivity contribution in [3.05, 3.63) is 107 Å². The Morgan fingerprint density at radius 1 is 0.952 bits per heavy atom. The summed E-state index contributed by atoms with van der Waals surface area (Å²) in [5, 5.41) is 27.6. The van der Waals surface area contributed by atoms with E-state index in [9.17, 15) is 29.4 Å². The lowest BCUT2D eigenvalue weighted by Gasteiger charge is -2.48. The normalized spacial score (nSPS) is 27.7. The number of hydroxylamine groups is 2. The molecule has 9 rings (SSSR count). The van der Waals surface area contributed by atoms with Gasteiger partial charge in [0.2, 0.25) is 5.91 Å². The zero-order valence-electron chi connectivity index (χ0n) is 36.0. The van der Waals surface area contributed by atoms with E-state index in [1.807, 2.05) is 48.6 Å². The molecule has 3 aromatic rings. The number of aromatic hydroxyl groups is 1. The van der Waals surface area contributed by atoms with Crippen LogP contribution < -0.4 is 10.6 Å². The molecule has 14 nitrogen and oxygen atoms in total. The van der Waals surface area contributed by atoms with Gasteiger partial charge in [0.1, 0.15) is 41.2 Å². The van der Waals surface area contributed by atoms with E-state index in [1.54, 1.807) is 62.2 Å². The van der Waals surface area contributed by atoms with Crippen LogP contribution in [0.5, 0.6) is 5.75 Å². The largest absolute Gasteiger partial charge is 0.508 e. The van der Waals surface area contributed by atoms with Crippen molar-refractivity contribution >= 4 is 29.8 Å². The summed E-state index contributed by atoms with van der Waals surface area (Å²) in [5.41, 5.74) is 1.62. The number of nitrogens with zero attached hydrogens (tertiary/aromatic N) is 1. The minimum absolute atomic E-state index is 0.0296. The van der Waals surface area contributed by atoms with Gasteiger partial charge in [0.05, 0.1) is 19.2 Å². The van der Waals surface area contributed by atoms with E-state index >= 15 is 0 Å². The molecule has 3 saturated carbocycles. The van der Waals surface area contributed by atoms with Crippen molar-refractivity contribution in [1.29, 1.82) is 0 Å². The first kappa shape index (κ1) is 43.1. The highest BCUT2D eigenvalue weighted by atomic mass is 16.8. The Labute approximate surface area is 367 Å². The third-order valence-corrected chi connectivity index (χ3v) is 13.2. The molecule has 7 atom stereocenters. The second-order valence-corrected chi connectivity index (χ2v) is 19.0. The third kappa shape index (κ3) is 8.76. The molecule has 0 aromatic heterocycles. The number of ether oxygens (including phenoxy) is 4. The predicted molar refractivity (Wildman–Crippen MR) is 228 cm³/mol. The lowest BCUT2D eigenvalue weighted by atomic mass is 9.62. The number of benzene rings is 3. The number of rotatable bonds is 16. The maximum atomic E-state index is 14.9. The van der Waals surface area contributed by atoms with E-state index < -0.39 is 71.1 Å². The second-order valence-electron chi connectivity index (χ2n) is 19.0. The molecular weight excluding hydrogens is 807 g/mol. The number of hydrogen-bond donors (Lipinski definition) is 4. The van der Waals surface area contributed by atoms with Crippen LogP contribution in [0, 0.1) is 17.3 Å². The van der Waals surface area contributed by atoms with E-state index in [4.69, 9.17) is 23.8 Å². The molecule has 4 N–H and O–H groups in total. The van der Waals surface area contributed by atoms with E-state index in [1.165, 1.54) is 0 Å². The number of carbonyl (C=O) groups excluding carboxylic acids is 4. The van der Waals surface area contributed by atoms with Crippen LogP contribution in [0.4, 0.5) is 0 Å². The number of nitrogens with one attached hydrogen (secondary N) is 2. The minimum Gasteiger partial charge on any atom is -0.508 e. The molecule has 3 aromatic carbocycles. The Balaban J connectivity index is 0.920. The van der Waals surface area contributed by atoms with E-state index in [2.05, 4.69) is 10.6 Å². The Morgan fingerprint density at radius 3 is 2.38 bits per heavy atom. The number of phenolic OH excluding ortho intramolecular Hbond substituents is 1. The van der Waals surface area contributed by atoms with Crippen molar-refractivity contribution in [2.75, 3.05) is 6.61 Å². The zero-order valence-corrected chi connectivity index (χ0v) is 36.0.